The Hall–Kier alpha value is -3.17. The Morgan fingerprint density at radius 2 is 1.51 bits per heavy atom. The Balaban J connectivity index is 2.06. The summed E-state index contributed by atoms with van der Waals surface area (Å²) in [5, 5.41) is 25.1. The minimum atomic E-state index is -1.89. The van der Waals surface area contributed by atoms with Crippen molar-refractivity contribution in [1.82, 2.24) is 10.6 Å². The van der Waals surface area contributed by atoms with E-state index < -0.39 is 53.6 Å². The fraction of sp³-hybridized carbons (Fsp3) is 0.385. The number of Topliss-reactive ketones (excluding diaryl/α,β-unsaturated/α-hetero) is 1. The SMILES string of the molecule is CC(C)[C@H](NC(=O)C(C)(O)c1ccccc1)C(=O)N[C@@H](CC(=O)O)C(=O)CSCc1ccccc1. The van der Waals surface area contributed by atoms with Crippen molar-refractivity contribution in [3.63, 3.8) is 0 Å². The van der Waals surface area contributed by atoms with E-state index in [4.69, 9.17) is 0 Å². The zero-order valence-electron chi connectivity index (χ0n) is 20.1. The fourth-order valence-corrected chi connectivity index (χ4v) is 4.27. The molecule has 8 nitrogen and oxygen atoms in total. The number of carboxylic acid groups (broad SMARTS) is 1. The maximum atomic E-state index is 13.0. The first-order chi connectivity index (χ1) is 16.5. The van der Waals surface area contributed by atoms with Crippen LogP contribution in [0.1, 0.15) is 38.3 Å². The maximum absolute atomic E-state index is 13.0. The van der Waals surface area contributed by atoms with Crippen LogP contribution >= 0.6 is 11.8 Å². The minimum Gasteiger partial charge on any atom is -0.481 e. The van der Waals surface area contributed by atoms with E-state index in [1.165, 1.54) is 18.7 Å². The number of aliphatic hydroxyl groups is 1. The van der Waals surface area contributed by atoms with Gasteiger partial charge < -0.3 is 20.8 Å². The van der Waals surface area contributed by atoms with E-state index in [0.717, 1.165) is 5.56 Å². The van der Waals surface area contributed by atoms with Crippen molar-refractivity contribution in [2.45, 2.75) is 50.6 Å². The highest BCUT2D eigenvalue weighted by Gasteiger charge is 2.37. The molecule has 0 saturated carbocycles. The van der Waals surface area contributed by atoms with E-state index in [0.29, 0.717) is 11.3 Å². The molecule has 2 rings (SSSR count). The predicted octanol–water partition coefficient (Wildman–Crippen LogP) is 2.50. The van der Waals surface area contributed by atoms with Gasteiger partial charge in [0.1, 0.15) is 6.04 Å². The third-order valence-electron chi connectivity index (χ3n) is 5.45. The lowest BCUT2D eigenvalue weighted by molar-refractivity contribution is -0.143. The molecule has 35 heavy (non-hydrogen) atoms. The lowest BCUT2D eigenvalue weighted by atomic mass is 9.93. The molecule has 0 aliphatic rings. The van der Waals surface area contributed by atoms with Crippen LogP contribution in [0.25, 0.3) is 0 Å². The van der Waals surface area contributed by atoms with Gasteiger partial charge in [-0.05, 0) is 24.0 Å². The fourth-order valence-electron chi connectivity index (χ4n) is 3.34. The van der Waals surface area contributed by atoms with Crippen molar-refractivity contribution in [1.29, 1.82) is 0 Å². The van der Waals surface area contributed by atoms with Crippen molar-refractivity contribution >= 4 is 35.3 Å². The highest BCUT2D eigenvalue weighted by Crippen LogP contribution is 2.21. The lowest BCUT2D eigenvalue weighted by Gasteiger charge is -2.29. The number of ketones is 1. The monoisotopic (exact) mass is 500 g/mol. The molecular weight excluding hydrogens is 468 g/mol. The molecule has 0 aromatic heterocycles. The van der Waals surface area contributed by atoms with Gasteiger partial charge in [-0.25, -0.2) is 0 Å². The number of carbonyl (C=O) groups excluding carboxylic acids is 3. The Morgan fingerprint density at radius 3 is 2.06 bits per heavy atom. The summed E-state index contributed by atoms with van der Waals surface area (Å²) in [6, 6.07) is 15.5. The van der Waals surface area contributed by atoms with Crippen LogP contribution in [0.15, 0.2) is 60.7 Å². The van der Waals surface area contributed by atoms with E-state index >= 15 is 0 Å². The second-order valence-electron chi connectivity index (χ2n) is 8.74. The first-order valence-electron chi connectivity index (χ1n) is 11.3. The summed E-state index contributed by atoms with van der Waals surface area (Å²) in [6.45, 7) is 4.73. The highest BCUT2D eigenvalue weighted by molar-refractivity contribution is 7.99. The lowest BCUT2D eigenvalue weighted by Crippen LogP contribution is -2.57. The van der Waals surface area contributed by atoms with Gasteiger partial charge in [0, 0.05) is 5.75 Å². The van der Waals surface area contributed by atoms with Crippen LogP contribution in [0, 0.1) is 5.92 Å². The molecule has 0 spiro atoms. The van der Waals surface area contributed by atoms with Crippen LogP contribution in [-0.4, -0.2) is 51.6 Å². The van der Waals surface area contributed by atoms with E-state index in [-0.39, 0.29) is 5.75 Å². The largest absolute Gasteiger partial charge is 0.481 e. The molecule has 2 aromatic rings. The average molecular weight is 501 g/mol. The Bertz CT molecular complexity index is 1010. The van der Waals surface area contributed by atoms with Crippen LogP contribution in [0.2, 0.25) is 0 Å². The Labute approximate surface area is 209 Å². The zero-order chi connectivity index (χ0) is 26.0. The van der Waals surface area contributed by atoms with Crippen molar-refractivity contribution in [2.24, 2.45) is 5.92 Å². The normalized spacial score (nSPS) is 14.4. The van der Waals surface area contributed by atoms with E-state index in [9.17, 15) is 29.4 Å². The molecule has 0 bridgehead atoms. The van der Waals surface area contributed by atoms with Gasteiger partial charge in [-0.1, -0.05) is 74.5 Å². The van der Waals surface area contributed by atoms with E-state index in [2.05, 4.69) is 10.6 Å². The van der Waals surface area contributed by atoms with Crippen molar-refractivity contribution in [2.75, 3.05) is 5.75 Å². The van der Waals surface area contributed by atoms with Crippen LogP contribution in [0.3, 0.4) is 0 Å². The second kappa shape index (κ2) is 13.1. The van der Waals surface area contributed by atoms with Crippen molar-refractivity contribution in [3.8, 4) is 0 Å². The number of thioether (sulfide) groups is 1. The van der Waals surface area contributed by atoms with Gasteiger partial charge in [-0.2, -0.15) is 0 Å². The Kier molecular flexibility index (Phi) is 10.5. The molecule has 3 atom stereocenters. The quantitative estimate of drug-likeness (QED) is 0.332. The average Bonchev–Trinajstić information content (AvgIpc) is 2.82. The van der Waals surface area contributed by atoms with Crippen LogP contribution < -0.4 is 10.6 Å². The highest BCUT2D eigenvalue weighted by atomic mass is 32.2. The number of hydrogen-bond acceptors (Lipinski definition) is 6. The molecule has 9 heteroatoms. The maximum Gasteiger partial charge on any atom is 0.305 e. The van der Waals surface area contributed by atoms with Gasteiger partial charge >= 0.3 is 5.97 Å². The molecule has 0 aliphatic carbocycles. The van der Waals surface area contributed by atoms with Gasteiger partial charge in [0.15, 0.2) is 11.4 Å². The predicted molar refractivity (Wildman–Crippen MR) is 135 cm³/mol. The number of aliphatic carboxylic acids is 1. The molecule has 2 aromatic carbocycles. The summed E-state index contributed by atoms with van der Waals surface area (Å²) in [5.41, 5.74) is -0.508. The molecule has 0 saturated heterocycles. The molecule has 0 fully saturated rings. The van der Waals surface area contributed by atoms with Gasteiger partial charge in [0.25, 0.3) is 5.91 Å². The molecule has 0 heterocycles. The molecule has 0 aliphatic heterocycles. The van der Waals surface area contributed by atoms with Gasteiger partial charge in [-0.15, -0.1) is 11.8 Å². The second-order valence-corrected chi connectivity index (χ2v) is 9.72. The summed E-state index contributed by atoms with van der Waals surface area (Å²) in [7, 11) is 0. The Morgan fingerprint density at radius 1 is 0.943 bits per heavy atom. The molecule has 1 unspecified atom stereocenters. The number of amides is 2. The first-order valence-corrected chi connectivity index (χ1v) is 12.4. The molecule has 188 valence electrons. The van der Waals surface area contributed by atoms with Gasteiger partial charge in [0.05, 0.1) is 18.2 Å². The summed E-state index contributed by atoms with van der Waals surface area (Å²) in [5.74, 6) is -2.92. The van der Waals surface area contributed by atoms with Gasteiger partial charge in [-0.3, -0.25) is 19.2 Å². The topological polar surface area (TPSA) is 133 Å². The standard InChI is InChI=1S/C26H32N2O6S/c1-17(2)23(28-25(33)26(3,34)19-12-8-5-9-13-19)24(32)27-20(14-22(30)31)21(29)16-35-15-18-10-6-4-7-11-18/h4-13,17,20,23,34H,14-16H2,1-3H3,(H,27,32)(H,28,33)(H,30,31)/t20-,23-,26?/m0/s1. The summed E-state index contributed by atoms with van der Waals surface area (Å²) in [4.78, 5) is 50.0. The van der Waals surface area contributed by atoms with E-state index in [1.807, 2.05) is 30.3 Å². The number of carbonyl (C=O) groups is 4. The minimum absolute atomic E-state index is 0.0224. The van der Waals surface area contributed by atoms with Crippen LogP contribution in [-0.2, 0) is 30.5 Å². The number of nitrogens with one attached hydrogen (secondary N) is 2. The van der Waals surface area contributed by atoms with Crippen LogP contribution in [0.5, 0.6) is 0 Å². The molecular formula is C26H32N2O6S. The first kappa shape index (κ1) is 28.1. The number of carboxylic acids is 1. The summed E-state index contributed by atoms with van der Waals surface area (Å²) < 4.78 is 0. The molecule has 0 radical (unpaired) electrons. The smallest absolute Gasteiger partial charge is 0.305 e. The summed E-state index contributed by atoms with van der Waals surface area (Å²) in [6.07, 6.45) is -0.572. The summed E-state index contributed by atoms with van der Waals surface area (Å²) >= 11 is 1.33. The van der Waals surface area contributed by atoms with Crippen molar-refractivity contribution in [3.05, 3.63) is 71.8 Å². The number of benzene rings is 2. The number of hydrogen-bond donors (Lipinski definition) is 4. The van der Waals surface area contributed by atoms with Gasteiger partial charge in [0.2, 0.25) is 5.91 Å². The third-order valence-corrected chi connectivity index (χ3v) is 6.48. The van der Waals surface area contributed by atoms with Crippen LogP contribution in [0.4, 0.5) is 0 Å². The van der Waals surface area contributed by atoms with Crippen molar-refractivity contribution < 1.29 is 29.4 Å². The molecule has 2 amide bonds. The van der Waals surface area contributed by atoms with E-state index in [1.54, 1.807) is 44.2 Å². The molecule has 4 N–H and O–H groups in total. The zero-order valence-corrected chi connectivity index (χ0v) is 20.9. The third kappa shape index (κ3) is 8.52. The number of rotatable bonds is 13.